The molecule has 2 unspecified atom stereocenters. The summed E-state index contributed by atoms with van der Waals surface area (Å²) < 4.78 is 11.0. The Hall–Kier alpha value is -1.11. The highest BCUT2D eigenvalue weighted by Crippen LogP contribution is 2.01. The van der Waals surface area contributed by atoms with Crippen LogP contribution in [0.25, 0.3) is 0 Å². The maximum atomic E-state index is 11.9. The summed E-state index contributed by atoms with van der Waals surface area (Å²) in [5, 5.41) is 11.5. The molecular weight excluding hydrogens is 268 g/mol. The van der Waals surface area contributed by atoms with Crippen LogP contribution in [0.4, 0.5) is 4.79 Å². The van der Waals surface area contributed by atoms with Crippen molar-refractivity contribution in [1.82, 2.24) is 10.2 Å². The predicted octanol–water partition coefficient (Wildman–Crippen LogP) is 0.896. The molecule has 0 saturated heterocycles. The molecule has 2 amide bonds. The topological polar surface area (TPSA) is 86.7 Å². The lowest BCUT2D eigenvalue weighted by molar-refractivity contribution is -0.137. The summed E-state index contributed by atoms with van der Waals surface area (Å²) in [6.07, 6.45) is 2.22. The lowest BCUT2D eigenvalue weighted by Crippen LogP contribution is -2.47. The molecule has 2 N–H and O–H groups in total. The molecule has 0 aliphatic rings. The van der Waals surface area contributed by atoms with Crippen molar-refractivity contribution in [1.29, 1.82) is 0 Å². The summed E-state index contributed by atoms with van der Waals surface area (Å²) in [7, 11) is -0.889. The molecule has 0 aliphatic carbocycles. The van der Waals surface area contributed by atoms with Crippen LogP contribution in [0.2, 0.25) is 0 Å². The average Bonchev–Trinajstić information content (AvgIpc) is 2.24. The molecule has 0 radical (unpaired) electrons. The number of rotatable bonds is 8. The number of carboxylic acids is 1. The maximum Gasteiger partial charge on any atom is 0.323 e. The number of nitrogens with zero attached hydrogens (tertiary/aromatic N) is 1. The van der Waals surface area contributed by atoms with Crippen molar-refractivity contribution < 1.29 is 18.9 Å². The molecule has 0 bridgehead atoms. The Bertz CT molecular complexity index is 334. The van der Waals surface area contributed by atoms with Gasteiger partial charge < -0.3 is 15.3 Å². The number of carbonyl (C=O) groups is 2. The lowest BCUT2D eigenvalue weighted by atomic mass is 10.2. The monoisotopic (exact) mass is 292 g/mol. The van der Waals surface area contributed by atoms with E-state index in [1.807, 2.05) is 20.8 Å². The fraction of sp³-hybridized carbons (Fsp3) is 0.833. The normalized spacial score (nSPS) is 13.9. The van der Waals surface area contributed by atoms with Crippen LogP contribution in [-0.4, -0.2) is 57.4 Å². The van der Waals surface area contributed by atoms with Crippen molar-refractivity contribution in [2.24, 2.45) is 5.92 Å². The van der Waals surface area contributed by atoms with Gasteiger partial charge in [-0.05, 0) is 19.3 Å². The molecular formula is C12H24N2O4S. The van der Waals surface area contributed by atoms with Gasteiger partial charge in [-0.3, -0.25) is 9.00 Å². The van der Waals surface area contributed by atoms with Crippen LogP contribution in [0, 0.1) is 5.92 Å². The molecule has 2 atom stereocenters. The molecule has 0 rings (SSSR count). The third-order valence-corrected chi connectivity index (χ3v) is 3.22. The van der Waals surface area contributed by atoms with Gasteiger partial charge in [0.25, 0.3) is 0 Å². The second kappa shape index (κ2) is 8.90. The van der Waals surface area contributed by atoms with Crippen LogP contribution in [0.1, 0.15) is 27.2 Å². The van der Waals surface area contributed by atoms with E-state index in [2.05, 4.69) is 5.32 Å². The quantitative estimate of drug-likeness (QED) is 0.696. The average molecular weight is 292 g/mol. The van der Waals surface area contributed by atoms with E-state index < -0.39 is 16.8 Å². The first-order chi connectivity index (χ1) is 8.72. The van der Waals surface area contributed by atoms with Crippen LogP contribution < -0.4 is 5.32 Å². The largest absolute Gasteiger partial charge is 0.480 e. The molecule has 0 aromatic rings. The van der Waals surface area contributed by atoms with Crippen molar-refractivity contribution in [3.05, 3.63) is 0 Å². The Labute approximate surface area is 117 Å². The van der Waals surface area contributed by atoms with Crippen LogP contribution in [0.5, 0.6) is 0 Å². The zero-order valence-electron chi connectivity index (χ0n) is 12.0. The minimum Gasteiger partial charge on any atom is -0.480 e. The smallest absolute Gasteiger partial charge is 0.323 e. The van der Waals surface area contributed by atoms with E-state index in [4.69, 9.17) is 5.11 Å². The molecule has 0 aliphatic heterocycles. The number of carboxylic acid groups (broad SMARTS) is 1. The molecule has 19 heavy (non-hydrogen) atoms. The van der Waals surface area contributed by atoms with Crippen molar-refractivity contribution in [3.63, 3.8) is 0 Å². The highest BCUT2D eigenvalue weighted by molar-refractivity contribution is 7.84. The van der Waals surface area contributed by atoms with E-state index >= 15 is 0 Å². The Morgan fingerprint density at radius 2 is 1.89 bits per heavy atom. The molecule has 112 valence electrons. The Morgan fingerprint density at radius 1 is 1.32 bits per heavy atom. The fourth-order valence-electron chi connectivity index (χ4n) is 1.54. The van der Waals surface area contributed by atoms with Crippen LogP contribution >= 0.6 is 0 Å². The summed E-state index contributed by atoms with van der Waals surface area (Å²) in [5.74, 6) is -0.313. The zero-order valence-corrected chi connectivity index (χ0v) is 12.8. The van der Waals surface area contributed by atoms with Crippen molar-refractivity contribution in [2.75, 3.05) is 25.1 Å². The Kier molecular flexibility index (Phi) is 8.38. The van der Waals surface area contributed by atoms with Gasteiger partial charge in [-0.1, -0.05) is 13.8 Å². The summed E-state index contributed by atoms with van der Waals surface area (Å²) in [5.41, 5.74) is 0. The minimum atomic E-state index is -1.03. The Balaban J connectivity index is 4.37. The zero-order chi connectivity index (χ0) is 15.0. The number of hydrogen-bond acceptors (Lipinski definition) is 3. The molecule has 7 heteroatoms. The number of hydrogen-bond donors (Lipinski definition) is 2. The molecule has 0 aromatic heterocycles. The third kappa shape index (κ3) is 9.47. The van der Waals surface area contributed by atoms with Gasteiger partial charge in [-0.2, -0.15) is 0 Å². The van der Waals surface area contributed by atoms with Gasteiger partial charge in [-0.25, -0.2) is 4.79 Å². The van der Waals surface area contributed by atoms with E-state index in [1.54, 1.807) is 6.26 Å². The van der Waals surface area contributed by atoms with E-state index in [0.717, 1.165) is 0 Å². The summed E-state index contributed by atoms with van der Waals surface area (Å²) in [6.45, 7) is 5.75. The number of amides is 2. The first kappa shape index (κ1) is 17.9. The van der Waals surface area contributed by atoms with Crippen molar-refractivity contribution in [2.45, 2.75) is 33.2 Å². The van der Waals surface area contributed by atoms with Crippen LogP contribution in [0.15, 0.2) is 0 Å². The van der Waals surface area contributed by atoms with E-state index in [0.29, 0.717) is 18.7 Å². The van der Waals surface area contributed by atoms with Crippen LogP contribution in [-0.2, 0) is 15.6 Å². The van der Waals surface area contributed by atoms with Gasteiger partial charge in [0.1, 0.15) is 6.54 Å². The molecule has 6 nitrogen and oxygen atoms in total. The van der Waals surface area contributed by atoms with E-state index in [-0.39, 0.29) is 24.5 Å². The van der Waals surface area contributed by atoms with E-state index in [1.165, 1.54) is 4.90 Å². The third-order valence-electron chi connectivity index (χ3n) is 2.41. The summed E-state index contributed by atoms with van der Waals surface area (Å²) in [4.78, 5) is 24.0. The van der Waals surface area contributed by atoms with Gasteiger partial charge in [0.05, 0.1) is 0 Å². The minimum absolute atomic E-state index is 0.125. The lowest BCUT2D eigenvalue weighted by Gasteiger charge is -2.25. The van der Waals surface area contributed by atoms with Gasteiger partial charge in [0.15, 0.2) is 0 Å². The second-order valence-electron chi connectivity index (χ2n) is 5.08. The van der Waals surface area contributed by atoms with Gasteiger partial charge >= 0.3 is 12.0 Å². The van der Waals surface area contributed by atoms with Crippen LogP contribution in [0.3, 0.4) is 0 Å². The first-order valence-corrected chi connectivity index (χ1v) is 8.02. The number of nitrogens with one attached hydrogen (secondary N) is 1. The second-order valence-corrected chi connectivity index (χ2v) is 6.64. The maximum absolute atomic E-state index is 11.9. The van der Waals surface area contributed by atoms with E-state index in [9.17, 15) is 13.8 Å². The number of aliphatic carboxylic acids is 1. The van der Waals surface area contributed by atoms with Gasteiger partial charge in [0.2, 0.25) is 0 Å². The molecule has 0 heterocycles. The van der Waals surface area contributed by atoms with Gasteiger partial charge in [-0.15, -0.1) is 0 Å². The highest BCUT2D eigenvalue weighted by Gasteiger charge is 2.19. The first-order valence-electron chi connectivity index (χ1n) is 6.29. The Morgan fingerprint density at radius 3 is 2.32 bits per heavy atom. The predicted molar refractivity (Wildman–Crippen MR) is 75.6 cm³/mol. The van der Waals surface area contributed by atoms with Crippen molar-refractivity contribution in [3.8, 4) is 0 Å². The molecule has 0 spiro atoms. The summed E-state index contributed by atoms with van der Waals surface area (Å²) >= 11 is 0. The van der Waals surface area contributed by atoms with Crippen molar-refractivity contribution >= 4 is 22.8 Å². The SMILES string of the molecule is CC(C)CN(CC(=O)O)C(=O)NC(C)CCS(C)=O. The fourth-order valence-corrected chi connectivity index (χ4v) is 2.23. The summed E-state index contributed by atoms with van der Waals surface area (Å²) in [6, 6.07) is -0.509. The molecule has 0 saturated carbocycles. The molecule has 0 fully saturated rings. The van der Waals surface area contributed by atoms with Gasteiger partial charge in [0, 0.05) is 35.4 Å². The highest BCUT2D eigenvalue weighted by atomic mass is 32.2. The standard InChI is InChI=1S/C12H24N2O4S/c1-9(2)7-14(8-11(15)16)12(17)13-10(3)5-6-19(4)18/h9-10H,5-8H2,1-4H3,(H,13,17)(H,15,16). The number of urea groups is 1. The molecule has 0 aromatic carbocycles. The number of carbonyl (C=O) groups excluding carboxylic acids is 1.